The second kappa shape index (κ2) is 5.10. The maximum absolute atomic E-state index is 5.46. The lowest BCUT2D eigenvalue weighted by Gasteiger charge is -2.36. The largest absolute Gasteiger partial charge is 0.495 e. The van der Waals surface area contributed by atoms with Crippen molar-refractivity contribution in [2.45, 2.75) is 18.9 Å². The van der Waals surface area contributed by atoms with Crippen molar-refractivity contribution in [1.82, 2.24) is 4.90 Å². The number of methoxy groups -OCH3 is 1. The van der Waals surface area contributed by atoms with E-state index in [4.69, 9.17) is 4.74 Å². The molecule has 1 heterocycles. The summed E-state index contributed by atoms with van der Waals surface area (Å²) in [5.74, 6) is 0.931. The van der Waals surface area contributed by atoms with Gasteiger partial charge in [0.05, 0.1) is 12.8 Å². The number of halogens is 1. The average Bonchev–Trinajstić information content (AvgIpc) is 3.23. The van der Waals surface area contributed by atoms with Crippen molar-refractivity contribution in [3.8, 4) is 5.75 Å². The van der Waals surface area contributed by atoms with Gasteiger partial charge in [0, 0.05) is 36.7 Å². The maximum atomic E-state index is 5.46. The van der Waals surface area contributed by atoms with E-state index in [2.05, 4.69) is 31.8 Å². The normalized spacial score (nSPS) is 21.1. The van der Waals surface area contributed by atoms with Gasteiger partial charge in [-0.25, -0.2) is 0 Å². The first-order chi connectivity index (χ1) is 8.78. The van der Waals surface area contributed by atoms with Gasteiger partial charge in [-0.1, -0.05) is 15.9 Å². The van der Waals surface area contributed by atoms with Gasteiger partial charge in [0.2, 0.25) is 0 Å². The molecular weight excluding hydrogens is 292 g/mol. The predicted molar refractivity (Wildman–Crippen MR) is 76.3 cm³/mol. The molecule has 0 bridgehead atoms. The molecule has 0 N–H and O–H groups in total. The summed E-state index contributed by atoms with van der Waals surface area (Å²) in [5.41, 5.74) is 1.16. The van der Waals surface area contributed by atoms with Crippen molar-refractivity contribution >= 4 is 21.6 Å². The molecule has 0 aromatic heterocycles. The topological polar surface area (TPSA) is 15.7 Å². The van der Waals surface area contributed by atoms with Crippen LogP contribution in [-0.4, -0.2) is 44.2 Å². The predicted octanol–water partition coefficient (Wildman–Crippen LogP) is 2.54. The Hall–Kier alpha value is -0.740. The Morgan fingerprint density at radius 3 is 2.61 bits per heavy atom. The third-order valence-electron chi connectivity index (χ3n) is 3.80. The summed E-state index contributed by atoms with van der Waals surface area (Å²) in [7, 11) is 1.73. The smallest absolute Gasteiger partial charge is 0.143 e. The van der Waals surface area contributed by atoms with Crippen LogP contribution in [0.3, 0.4) is 0 Å². The number of rotatable bonds is 3. The fraction of sp³-hybridized carbons (Fsp3) is 0.571. The molecule has 2 aliphatic rings. The molecule has 0 atom stereocenters. The monoisotopic (exact) mass is 309 g/mol. The van der Waals surface area contributed by atoms with E-state index in [0.717, 1.165) is 35.0 Å². The molecule has 1 saturated heterocycles. The van der Waals surface area contributed by atoms with E-state index in [1.54, 1.807) is 7.11 Å². The van der Waals surface area contributed by atoms with Gasteiger partial charge in [-0.15, -0.1) is 0 Å². The third-order valence-corrected chi connectivity index (χ3v) is 4.25. The van der Waals surface area contributed by atoms with E-state index in [1.165, 1.54) is 25.9 Å². The van der Waals surface area contributed by atoms with E-state index in [1.807, 2.05) is 12.1 Å². The van der Waals surface area contributed by atoms with Gasteiger partial charge in [-0.05, 0) is 31.0 Å². The van der Waals surface area contributed by atoms with Gasteiger partial charge in [0.1, 0.15) is 5.75 Å². The summed E-state index contributed by atoms with van der Waals surface area (Å²) >= 11 is 3.44. The molecule has 1 aromatic rings. The highest BCUT2D eigenvalue weighted by molar-refractivity contribution is 9.10. The summed E-state index contributed by atoms with van der Waals surface area (Å²) in [6.45, 7) is 4.51. The highest BCUT2D eigenvalue weighted by atomic mass is 79.9. The number of benzene rings is 1. The van der Waals surface area contributed by atoms with Crippen LogP contribution in [0.25, 0.3) is 0 Å². The first kappa shape index (κ1) is 12.3. The van der Waals surface area contributed by atoms with E-state index >= 15 is 0 Å². The van der Waals surface area contributed by atoms with E-state index in [9.17, 15) is 0 Å². The van der Waals surface area contributed by atoms with Crippen molar-refractivity contribution in [2.24, 2.45) is 0 Å². The molecule has 0 spiro atoms. The first-order valence-corrected chi connectivity index (χ1v) is 7.31. The van der Waals surface area contributed by atoms with Crippen molar-refractivity contribution in [2.75, 3.05) is 38.2 Å². The molecule has 97 valence electrons. The minimum Gasteiger partial charge on any atom is -0.495 e. The first-order valence-electron chi connectivity index (χ1n) is 6.52. The second-order valence-corrected chi connectivity index (χ2v) is 5.84. The van der Waals surface area contributed by atoms with Gasteiger partial charge in [-0.3, -0.25) is 4.90 Å². The number of piperazine rings is 1. The summed E-state index contributed by atoms with van der Waals surface area (Å²) < 4.78 is 6.40. The van der Waals surface area contributed by atoms with Crippen molar-refractivity contribution in [3.05, 3.63) is 22.7 Å². The fourth-order valence-corrected chi connectivity index (χ4v) is 2.94. The van der Waals surface area contributed by atoms with Crippen LogP contribution in [0.4, 0.5) is 5.69 Å². The van der Waals surface area contributed by atoms with Crippen molar-refractivity contribution < 1.29 is 4.74 Å². The zero-order valence-electron chi connectivity index (χ0n) is 10.7. The van der Waals surface area contributed by atoms with Crippen molar-refractivity contribution in [3.63, 3.8) is 0 Å². The van der Waals surface area contributed by atoms with Gasteiger partial charge in [0.25, 0.3) is 0 Å². The molecule has 1 radical (unpaired) electrons. The molecular formula is C14H18BrN2O. The van der Waals surface area contributed by atoms with Crippen LogP contribution in [0.1, 0.15) is 12.8 Å². The van der Waals surface area contributed by atoms with Crippen LogP contribution in [0.5, 0.6) is 5.75 Å². The lowest BCUT2D eigenvalue weighted by molar-refractivity contribution is 0.247. The summed E-state index contributed by atoms with van der Waals surface area (Å²) in [6.07, 6.45) is 2.80. The molecule has 1 aromatic carbocycles. The highest BCUT2D eigenvalue weighted by Gasteiger charge is 2.31. The Balaban J connectivity index is 1.71. The lowest BCUT2D eigenvalue weighted by Crippen LogP contribution is -2.47. The lowest BCUT2D eigenvalue weighted by atomic mass is 10.2. The highest BCUT2D eigenvalue weighted by Crippen LogP contribution is 2.33. The fourth-order valence-electron chi connectivity index (χ4n) is 2.62. The van der Waals surface area contributed by atoms with Crippen LogP contribution in [-0.2, 0) is 0 Å². The molecule has 2 fully saturated rings. The number of hydrogen-bond acceptors (Lipinski definition) is 3. The van der Waals surface area contributed by atoms with E-state index < -0.39 is 0 Å². The quantitative estimate of drug-likeness (QED) is 0.853. The zero-order valence-corrected chi connectivity index (χ0v) is 12.2. The Kier molecular flexibility index (Phi) is 3.48. The second-order valence-electron chi connectivity index (χ2n) is 4.99. The zero-order chi connectivity index (χ0) is 12.5. The molecule has 3 rings (SSSR count). The number of nitrogens with zero attached hydrogens (tertiary/aromatic N) is 2. The summed E-state index contributed by atoms with van der Waals surface area (Å²) in [5, 5.41) is 0. The maximum Gasteiger partial charge on any atom is 0.143 e. The van der Waals surface area contributed by atoms with Crippen LogP contribution in [0, 0.1) is 6.07 Å². The third kappa shape index (κ3) is 2.50. The van der Waals surface area contributed by atoms with Crippen molar-refractivity contribution in [1.29, 1.82) is 0 Å². The number of hydrogen-bond donors (Lipinski definition) is 0. The van der Waals surface area contributed by atoms with Crippen LogP contribution < -0.4 is 9.64 Å². The minimum atomic E-state index is 0.880. The Morgan fingerprint density at radius 1 is 1.28 bits per heavy atom. The Bertz CT molecular complexity index is 426. The average molecular weight is 310 g/mol. The van der Waals surface area contributed by atoms with Gasteiger partial charge in [-0.2, -0.15) is 0 Å². The molecule has 18 heavy (non-hydrogen) atoms. The van der Waals surface area contributed by atoms with E-state index in [0.29, 0.717) is 0 Å². The van der Waals surface area contributed by atoms with Crippen LogP contribution in [0.2, 0.25) is 0 Å². The van der Waals surface area contributed by atoms with E-state index in [-0.39, 0.29) is 0 Å². The molecule has 1 aliphatic heterocycles. The molecule has 3 nitrogen and oxygen atoms in total. The van der Waals surface area contributed by atoms with Gasteiger partial charge >= 0.3 is 0 Å². The Morgan fingerprint density at radius 2 is 2.00 bits per heavy atom. The molecule has 4 heteroatoms. The summed E-state index contributed by atoms with van der Waals surface area (Å²) in [6, 6.07) is 8.09. The standard InChI is InChI=1S/C14H18BrN2O/c1-18-14-10-11(15)2-5-13(14)17-8-6-16(7-9-17)12-3-4-12/h5,10,12H,3-4,6-9H2,1H3. The van der Waals surface area contributed by atoms with Crippen LogP contribution in [0.15, 0.2) is 16.6 Å². The molecule has 1 aliphatic carbocycles. The molecule has 0 amide bonds. The molecule has 0 unspecified atom stereocenters. The van der Waals surface area contributed by atoms with Crippen LogP contribution >= 0.6 is 15.9 Å². The SMILES string of the molecule is COc1cc(Br)[c]cc1N1CCN(C2CC2)CC1. The van der Waals surface area contributed by atoms with Gasteiger partial charge < -0.3 is 9.64 Å². The molecule has 1 saturated carbocycles. The van der Waals surface area contributed by atoms with Gasteiger partial charge in [0.15, 0.2) is 0 Å². The minimum absolute atomic E-state index is 0.880. The Labute approximate surface area is 117 Å². The number of anilines is 1. The number of ether oxygens (including phenoxy) is 1. The summed E-state index contributed by atoms with van der Waals surface area (Å²) in [4.78, 5) is 5.02.